The Labute approximate surface area is 48.9 Å². The van der Waals surface area contributed by atoms with Gasteiger partial charge >= 0.3 is 0 Å². The van der Waals surface area contributed by atoms with Gasteiger partial charge in [0.15, 0.2) is 0 Å². The molecule has 0 aromatic heterocycles. The quantitative estimate of drug-likeness (QED) is 0.509. The van der Waals surface area contributed by atoms with E-state index in [1.165, 1.54) is 13.5 Å². The van der Waals surface area contributed by atoms with Crippen molar-refractivity contribution in [2.75, 3.05) is 20.3 Å². The van der Waals surface area contributed by atoms with E-state index in [9.17, 15) is 0 Å². The minimum absolute atomic E-state index is 0.233. The van der Waals surface area contributed by atoms with Gasteiger partial charge in [-0.3, -0.25) is 0 Å². The molecule has 8 heavy (non-hydrogen) atoms. The van der Waals surface area contributed by atoms with Crippen LogP contribution in [0.2, 0.25) is 0 Å². The van der Waals surface area contributed by atoms with Crippen molar-refractivity contribution in [1.82, 2.24) is 0 Å². The third kappa shape index (κ3) is 4.05. The average Bonchev–Trinajstić information content (AvgIpc) is 1.83. The predicted molar refractivity (Wildman–Crippen MR) is 29.3 cm³/mol. The first-order valence-electron chi connectivity index (χ1n) is 2.42. The molecule has 3 nitrogen and oxygen atoms in total. The van der Waals surface area contributed by atoms with Crippen LogP contribution in [0, 0.1) is 6.42 Å². The van der Waals surface area contributed by atoms with Gasteiger partial charge in [-0.2, -0.15) is 0 Å². The van der Waals surface area contributed by atoms with E-state index >= 15 is 0 Å². The fraction of sp³-hybridized carbons (Fsp3) is 0.800. The largest absolute Gasteiger partial charge is 0.394 e. The lowest BCUT2D eigenvalue weighted by Gasteiger charge is -2.02. The maximum absolute atomic E-state index is 8.60. The highest BCUT2D eigenvalue weighted by molar-refractivity contribution is 4.72. The summed E-state index contributed by atoms with van der Waals surface area (Å²) in [5.74, 6) is 0. The van der Waals surface area contributed by atoms with Crippen LogP contribution in [-0.4, -0.2) is 36.6 Å². The van der Waals surface area contributed by atoms with E-state index in [1.54, 1.807) is 0 Å². The third-order valence-electron chi connectivity index (χ3n) is 0.722. The van der Waals surface area contributed by atoms with E-state index < -0.39 is 6.10 Å². The van der Waals surface area contributed by atoms with Crippen LogP contribution in [0.15, 0.2) is 0 Å². The van der Waals surface area contributed by atoms with Gasteiger partial charge in [0.2, 0.25) is 0 Å². The second-order valence-electron chi connectivity index (χ2n) is 1.44. The van der Waals surface area contributed by atoms with Gasteiger partial charge < -0.3 is 14.9 Å². The molecule has 1 radical (unpaired) electrons. The summed E-state index contributed by atoms with van der Waals surface area (Å²) < 4.78 is 4.59. The van der Waals surface area contributed by atoms with Crippen LogP contribution >= 0.6 is 0 Å². The molecule has 2 N–H and O–H groups in total. The van der Waals surface area contributed by atoms with Gasteiger partial charge in [0.1, 0.15) is 0 Å². The van der Waals surface area contributed by atoms with Crippen molar-refractivity contribution in [3.63, 3.8) is 0 Å². The molecule has 0 aliphatic heterocycles. The number of hydrogen-bond donors (Lipinski definition) is 2. The highest BCUT2D eigenvalue weighted by atomic mass is 16.5. The maximum Gasteiger partial charge on any atom is 0.0825 e. The van der Waals surface area contributed by atoms with Crippen molar-refractivity contribution < 1.29 is 14.9 Å². The Kier molecular flexibility index (Phi) is 4.95. The summed E-state index contributed by atoms with van der Waals surface area (Å²) >= 11 is 0. The average molecular weight is 119 g/mol. The molecule has 49 valence electrons. The van der Waals surface area contributed by atoms with Crippen LogP contribution in [0.4, 0.5) is 0 Å². The van der Waals surface area contributed by atoms with Gasteiger partial charge in [0, 0.05) is 13.5 Å². The van der Waals surface area contributed by atoms with E-state index in [0.717, 1.165) is 0 Å². The standard InChI is InChI=1S/C5H11O3/c1-8-3-2-5(7)4-6/h2,5-7H,3-4H2,1H3. The molecule has 1 unspecified atom stereocenters. The molecule has 0 aromatic rings. The highest BCUT2D eigenvalue weighted by Crippen LogP contribution is 1.86. The molecule has 0 aliphatic carbocycles. The first-order chi connectivity index (χ1) is 3.81. The van der Waals surface area contributed by atoms with Crippen molar-refractivity contribution in [1.29, 1.82) is 0 Å². The van der Waals surface area contributed by atoms with Crippen LogP contribution in [0.1, 0.15) is 0 Å². The Morgan fingerprint density at radius 3 is 2.75 bits per heavy atom. The van der Waals surface area contributed by atoms with Crippen LogP contribution in [0.25, 0.3) is 0 Å². The molecule has 0 spiro atoms. The zero-order valence-electron chi connectivity index (χ0n) is 4.87. The summed E-state index contributed by atoms with van der Waals surface area (Å²) in [4.78, 5) is 0. The number of aliphatic hydroxyl groups is 2. The van der Waals surface area contributed by atoms with Gasteiger partial charge in [-0.15, -0.1) is 0 Å². The topological polar surface area (TPSA) is 49.7 Å². The Morgan fingerprint density at radius 2 is 2.38 bits per heavy atom. The van der Waals surface area contributed by atoms with Gasteiger partial charge in [-0.1, -0.05) is 0 Å². The van der Waals surface area contributed by atoms with E-state index in [-0.39, 0.29) is 6.61 Å². The van der Waals surface area contributed by atoms with Gasteiger partial charge in [0.05, 0.1) is 19.3 Å². The van der Waals surface area contributed by atoms with Crippen molar-refractivity contribution in [2.24, 2.45) is 0 Å². The molecule has 0 aromatic carbocycles. The Balaban J connectivity index is 2.86. The van der Waals surface area contributed by atoms with E-state index in [4.69, 9.17) is 10.2 Å². The molecular formula is C5H11O3. The normalized spacial score (nSPS) is 13.9. The zero-order chi connectivity index (χ0) is 6.41. The van der Waals surface area contributed by atoms with Crippen LogP contribution in [0.5, 0.6) is 0 Å². The van der Waals surface area contributed by atoms with Crippen molar-refractivity contribution >= 4 is 0 Å². The molecule has 0 aliphatic rings. The first-order valence-corrected chi connectivity index (χ1v) is 2.42. The molecule has 0 bridgehead atoms. The molecule has 1 atom stereocenters. The van der Waals surface area contributed by atoms with Gasteiger partial charge in [-0.25, -0.2) is 0 Å². The summed E-state index contributed by atoms with van der Waals surface area (Å²) in [6.07, 6.45) is 0.745. The number of methoxy groups -OCH3 is 1. The van der Waals surface area contributed by atoms with Gasteiger partial charge in [0.25, 0.3) is 0 Å². The van der Waals surface area contributed by atoms with E-state index in [2.05, 4.69) is 4.74 Å². The van der Waals surface area contributed by atoms with Crippen LogP contribution in [-0.2, 0) is 4.74 Å². The molecule has 0 amide bonds. The highest BCUT2D eigenvalue weighted by Gasteiger charge is 1.98. The fourth-order valence-corrected chi connectivity index (χ4v) is 0.282. The molecule has 3 heteroatoms. The van der Waals surface area contributed by atoms with E-state index in [1.807, 2.05) is 0 Å². The van der Waals surface area contributed by atoms with E-state index in [0.29, 0.717) is 6.61 Å². The minimum atomic E-state index is -0.741. The molecule has 0 saturated carbocycles. The lowest BCUT2D eigenvalue weighted by molar-refractivity contribution is 0.100. The zero-order valence-corrected chi connectivity index (χ0v) is 4.87. The summed E-state index contributed by atoms with van der Waals surface area (Å²) in [6.45, 7) is 0.144. The van der Waals surface area contributed by atoms with Crippen LogP contribution in [0.3, 0.4) is 0 Å². The molecule has 0 fully saturated rings. The predicted octanol–water partition coefficient (Wildman–Crippen LogP) is -0.810. The Hall–Kier alpha value is -0.120. The van der Waals surface area contributed by atoms with Crippen molar-refractivity contribution in [3.8, 4) is 0 Å². The lowest BCUT2D eigenvalue weighted by atomic mass is 10.3. The van der Waals surface area contributed by atoms with Gasteiger partial charge in [-0.05, 0) is 0 Å². The van der Waals surface area contributed by atoms with Crippen molar-refractivity contribution in [3.05, 3.63) is 6.42 Å². The second kappa shape index (κ2) is 5.03. The summed E-state index contributed by atoms with van der Waals surface area (Å²) in [5.41, 5.74) is 0. The number of rotatable bonds is 4. The number of ether oxygens (including phenoxy) is 1. The summed E-state index contributed by atoms with van der Waals surface area (Å²) in [7, 11) is 1.53. The fourth-order valence-electron chi connectivity index (χ4n) is 0.282. The van der Waals surface area contributed by atoms with Crippen molar-refractivity contribution in [2.45, 2.75) is 6.10 Å². The second-order valence-corrected chi connectivity index (χ2v) is 1.44. The smallest absolute Gasteiger partial charge is 0.0825 e. The third-order valence-corrected chi connectivity index (χ3v) is 0.722. The molecule has 0 saturated heterocycles. The Morgan fingerprint density at radius 1 is 1.75 bits per heavy atom. The number of aliphatic hydroxyl groups excluding tert-OH is 2. The number of hydrogen-bond acceptors (Lipinski definition) is 3. The first kappa shape index (κ1) is 7.88. The monoisotopic (exact) mass is 119 g/mol. The molecule has 0 heterocycles. The molecular weight excluding hydrogens is 108 g/mol. The van der Waals surface area contributed by atoms with Crippen LogP contribution < -0.4 is 0 Å². The maximum atomic E-state index is 8.60. The lowest BCUT2D eigenvalue weighted by Crippen LogP contribution is -2.14. The SMILES string of the molecule is COC[CH]C(O)CO. The summed E-state index contributed by atoms with van der Waals surface area (Å²) in [6, 6.07) is 0. The molecule has 0 rings (SSSR count). The Bertz CT molecular complexity index is 46.9. The minimum Gasteiger partial charge on any atom is -0.394 e. The summed E-state index contributed by atoms with van der Waals surface area (Å²) in [5, 5.41) is 16.8.